The van der Waals surface area contributed by atoms with Crippen LogP contribution in [0.25, 0.3) is 0 Å². The van der Waals surface area contributed by atoms with Crippen molar-refractivity contribution in [1.29, 1.82) is 0 Å². The number of carboxylic acids is 2. The molecule has 16 heavy (non-hydrogen) atoms. The summed E-state index contributed by atoms with van der Waals surface area (Å²) in [5.41, 5.74) is 0. The van der Waals surface area contributed by atoms with Gasteiger partial charge in [0.15, 0.2) is 0 Å². The van der Waals surface area contributed by atoms with Crippen LogP contribution in [0, 0.1) is 0 Å². The minimum Gasteiger partial charge on any atom is -0.550 e. The van der Waals surface area contributed by atoms with Gasteiger partial charge >= 0.3 is 59.1 Å². The Morgan fingerprint density at radius 2 is 1.75 bits per heavy atom. The molecule has 0 aromatic rings. The number of hydrogen-bond donors (Lipinski definition) is 0. The Morgan fingerprint density at radius 1 is 1.31 bits per heavy atom. The first kappa shape index (κ1) is 21.9. The van der Waals surface area contributed by atoms with Crippen LogP contribution in [0.15, 0.2) is 0 Å². The van der Waals surface area contributed by atoms with Crippen molar-refractivity contribution < 1.29 is 83.7 Å². The molecule has 0 heterocycles. The second-order valence-corrected chi connectivity index (χ2v) is 3.01. The van der Waals surface area contributed by atoms with E-state index in [9.17, 15) is 19.8 Å². The van der Waals surface area contributed by atoms with E-state index in [1.807, 2.05) is 0 Å². The van der Waals surface area contributed by atoms with E-state index < -0.39 is 24.5 Å². The van der Waals surface area contributed by atoms with Gasteiger partial charge in [-0.25, -0.2) is 0 Å². The Balaban J connectivity index is -0.000000845. The summed E-state index contributed by atoms with van der Waals surface area (Å²) in [5.74, 6) is -3.18. The minimum absolute atomic E-state index is 0. The third-order valence-corrected chi connectivity index (χ3v) is 1.68. The van der Waals surface area contributed by atoms with E-state index in [4.69, 9.17) is 0 Å². The van der Waals surface area contributed by atoms with Crippen molar-refractivity contribution in [3.8, 4) is 0 Å². The van der Waals surface area contributed by atoms with Gasteiger partial charge in [-0.05, 0) is 12.2 Å². The standard InChI is InChI=1S/C7H11NO5S.2Na/c1-8(2)7(14)13-4(6(11)12)3-5(9)10;;/h4H,3H2,1-2H3,(H,9,10)(H,11,12);;/q;2*+1/p-2/t4-;;/m0../s1. The molecule has 0 spiro atoms. The van der Waals surface area contributed by atoms with Gasteiger partial charge in [0.05, 0.1) is 5.97 Å². The van der Waals surface area contributed by atoms with Crippen molar-refractivity contribution in [2.75, 3.05) is 14.1 Å². The van der Waals surface area contributed by atoms with Crippen LogP contribution in [0.3, 0.4) is 0 Å². The number of aliphatic carboxylic acids is 2. The normalized spacial score (nSPS) is 10.1. The summed E-state index contributed by atoms with van der Waals surface area (Å²) in [6.45, 7) is 0. The Hall–Kier alpha value is 0.630. The fourth-order valence-corrected chi connectivity index (χ4v) is 0.668. The second-order valence-electron chi connectivity index (χ2n) is 2.66. The molecule has 0 radical (unpaired) electrons. The summed E-state index contributed by atoms with van der Waals surface area (Å²) >= 11 is 4.63. The number of carbonyl (C=O) groups is 2. The van der Waals surface area contributed by atoms with Gasteiger partial charge in [0.25, 0.3) is 5.17 Å². The maximum atomic E-state index is 10.4. The number of nitrogens with zero attached hydrogens (tertiary/aromatic N) is 1. The number of rotatable bonds is 4. The van der Waals surface area contributed by atoms with Crippen molar-refractivity contribution in [3.63, 3.8) is 0 Å². The molecule has 0 aromatic heterocycles. The maximum Gasteiger partial charge on any atom is 1.00 e. The first-order valence-corrected chi connectivity index (χ1v) is 4.04. The first-order valence-electron chi connectivity index (χ1n) is 3.63. The molecule has 0 unspecified atom stereocenters. The van der Waals surface area contributed by atoms with Gasteiger partial charge in [-0.3, -0.25) is 0 Å². The molecule has 0 fully saturated rings. The third-order valence-electron chi connectivity index (χ3n) is 1.22. The van der Waals surface area contributed by atoms with Gasteiger partial charge in [0.2, 0.25) is 0 Å². The molecule has 0 aliphatic heterocycles. The largest absolute Gasteiger partial charge is 1.00 e. The average Bonchev–Trinajstić information content (AvgIpc) is 2.01. The Kier molecular flexibility index (Phi) is 14.7. The number of hydrogen-bond acceptors (Lipinski definition) is 6. The molecule has 0 N–H and O–H groups in total. The Morgan fingerprint density at radius 3 is 2.00 bits per heavy atom. The van der Waals surface area contributed by atoms with Crippen LogP contribution in [-0.2, 0) is 14.3 Å². The number of carboxylic acid groups (broad SMARTS) is 2. The van der Waals surface area contributed by atoms with Crippen LogP contribution in [0.1, 0.15) is 6.42 Å². The van der Waals surface area contributed by atoms with Crippen LogP contribution in [-0.4, -0.2) is 42.2 Å². The summed E-state index contributed by atoms with van der Waals surface area (Å²) in [5, 5.41) is 20.4. The van der Waals surface area contributed by atoms with E-state index in [0.29, 0.717) is 0 Å². The molecule has 1 atom stereocenters. The van der Waals surface area contributed by atoms with Gasteiger partial charge in [-0.2, -0.15) is 0 Å². The molecule has 0 aromatic carbocycles. The SMILES string of the molecule is CN(C)C(=S)O[C@@H](CC(=O)[O-])C(=O)[O-].[Na+].[Na+]. The fourth-order valence-electron chi connectivity index (χ4n) is 0.552. The first-order chi connectivity index (χ1) is 6.34. The zero-order valence-corrected chi connectivity index (χ0v) is 14.5. The summed E-state index contributed by atoms with van der Waals surface area (Å²) in [4.78, 5) is 21.8. The number of thiocarbonyl (C=S) groups is 1. The van der Waals surface area contributed by atoms with Gasteiger partial charge in [-0.15, -0.1) is 0 Å². The van der Waals surface area contributed by atoms with Crippen molar-refractivity contribution >= 4 is 29.3 Å². The predicted molar refractivity (Wildman–Crippen MR) is 45.8 cm³/mol. The van der Waals surface area contributed by atoms with Crippen molar-refractivity contribution in [3.05, 3.63) is 0 Å². The van der Waals surface area contributed by atoms with Gasteiger partial charge in [0.1, 0.15) is 6.10 Å². The molecule has 0 rings (SSSR count). The predicted octanol–water partition coefficient (Wildman–Crippen LogP) is -8.88. The molecule has 0 amide bonds. The topological polar surface area (TPSA) is 92.7 Å². The number of ether oxygens (including phenoxy) is 1. The third kappa shape index (κ3) is 9.83. The van der Waals surface area contributed by atoms with Crippen LogP contribution < -0.4 is 69.3 Å². The molecule has 0 aliphatic carbocycles. The fraction of sp³-hybridized carbons (Fsp3) is 0.571. The zero-order chi connectivity index (χ0) is 11.3. The maximum absolute atomic E-state index is 10.4. The van der Waals surface area contributed by atoms with Gasteiger partial charge in [0, 0.05) is 26.5 Å². The summed E-state index contributed by atoms with van der Waals surface area (Å²) in [7, 11) is 3.07. The molecule has 0 saturated heterocycles. The number of carbonyl (C=O) groups excluding carboxylic acids is 2. The van der Waals surface area contributed by atoms with Crippen molar-refractivity contribution in [1.82, 2.24) is 4.90 Å². The summed E-state index contributed by atoms with van der Waals surface area (Å²) < 4.78 is 4.66. The van der Waals surface area contributed by atoms with Gasteiger partial charge in [-0.1, -0.05) is 0 Å². The second kappa shape index (κ2) is 10.8. The van der Waals surface area contributed by atoms with Crippen LogP contribution in [0.2, 0.25) is 0 Å². The Bertz CT molecular complexity index is 261. The van der Waals surface area contributed by atoms with E-state index in [0.717, 1.165) is 0 Å². The van der Waals surface area contributed by atoms with E-state index in [1.165, 1.54) is 19.0 Å². The van der Waals surface area contributed by atoms with E-state index in [-0.39, 0.29) is 64.3 Å². The Labute approximate surface area is 143 Å². The van der Waals surface area contributed by atoms with Crippen molar-refractivity contribution in [2.24, 2.45) is 0 Å². The quantitative estimate of drug-likeness (QED) is 0.368. The molecular weight excluding hydrogens is 256 g/mol. The zero-order valence-electron chi connectivity index (χ0n) is 9.68. The molecule has 0 bridgehead atoms. The van der Waals surface area contributed by atoms with E-state index in [2.05, 4.69) is 17.0 Å². The molecular formula is C7H9NNa2O5S. The van der Waals surface area contributed by atoms with Crippen LogP contribution in [0.5, 0.6) is 0 Å². The average molecular weight is 265 g/mol. The van der Waals surface area contributed by atoms with E-state index in [1.54, 1.807) is 0 Å². The molecule has 80 valence electrons. The smallest absolute Gasteiger partial charge is 0.550 e. The minimum atomic E-state index is -1.64. The van der Waals surface area contributed by atoms with E-state index >= 15 is 0 Å². The van der Waals surface area contributed by atoms with Crippen LogP contribution >= 0.6 is 12.2 Å². The van der Waals surface area contributed by atoms with Crippen molar-refractivity contribution in [2.45, 2.75) is 12.5 Å². The van der Waals surface area contributed by atoms with Gasteiger partial charge < -0.3 is 29.4 Å². The molecule has 0 saturated carbocycles. The molecule has 0 aliphatic rings. The summed E-state index contributed by atoms with van der Waals surface area (Å²) in [6.07, 6.45) is -2.41. The van der Waals surface area contributed by atoms with Crippen LogP contribution in [0.4, 0.5) is 0 Å². The monoisotopic (exact) mass is 265 g/mol. The summed E-state index contributed by atoms with van der Waals surface area (Å²) in [6, 6.07) is 0. The molecule has 9 heteroatoms. The molecule has 6 nitrogen and oxygen atoms in total.